The lowest BCUT2D eigenvalue weighted by atomic mass is 10.1. The molecule has 1 aliphatic rings. The Bertz CT molecular complexity index is 902. The van der Waals surface area contributed by atoms with Gasteiger partial charge in [0.25, 0.3) is 5.91 Å². The van der Waals surface area contributed by atoms with Crippen molar-refractivity contribution in [2.45, 2.75) is 18.9 Å². The average molecular weight is 333 g/mol. The highest BCUT2D eigenvalue weighted by Crippen LogP contribution is 2.31. The number of amides is 1. The first-order chi connectivity index (χ1) is 12.3. The van der Waals surface area contributed by atoms with Crippen molar-refractivity contribution in [1.82, 2.24) is 15.1 Å². The number of aromatic nitrogens is 2. The molecule has 3 aromatic rings. The molecule has 1 heterocycles. The molecule has 2 aromatic carbocycles. The van der Waals surface area contributed by atoms with Crippen LogP contribution in [0.3, 0.4) is 0 Å². The number of para-hydroxylation sites is 1. The minimum atomic E-state index is -0.215. The molecule has 0 saturated heterocycles. The summed E-state index contributed by atoms with van der Waals surface area (Å²) in [5.74, 6) is 0.251. The van der Waals surface area contributed by atoms with Gasteiger partial charge >= 0.3 is 0 Å². The molecule has 1 unspecified atom stereocenters. The second-order valence-electron chi connectivity index (χ2n) is 6.09. The van der Waals surface area contributed by atoms with E-state index in [4.69, 9.17) is 4.74 Å². The second-order valence-corrected chi connectivity index (χ2v) is 6.09. The number of nitrogens with one attached hydrogen (secondary N) is 1. The van der Waals surface area contributed by atoms with Gasteiger partial charge in [-0.05, 0) is 36.1 Å². The summed E-state index contributed by atoms with van der Waals surface area (Å²) in [7, 11) is 1.55. The largest absolute Gasteiger partial charge is 0.493 e. The Kier molecular flexibility index (Phi) is 3.98. The monoisotopic (exact) mass is 333 g/mol. The minimum absolute atomic E-state index is 0.0234. The zero-order chi connectivity index (χ0) is 17.2. The van der Waals surface area contributed by atoms with Crippen molar-refractivity contribution >= 4 is 5.91 Å². The van der Waals surface area contributed by atoms with Crippen molar-refractivity contribution in [1.29, 1.82) is 0 Å². The second kappa shape index (κ2) is 6.43. The fourth-order valence-electron chi connectivity index (χ4n) is 3.31. The summed E-state index contributed by atoms with van der Waals surface area (Å²) in [5.41, 5.74) is 3.67. The summed E-state index contributed by atoms with van der Waals surface area (Å²) in [6.07, 6.45) is 3.62. The Morgan fingerprint density at radius 1 is 1.16 bits per heavy atom. The van der Waals surface area contributed by atoms with Crippen molar-refractivity contribution in [3.05, 3.63) is 77.6 Å². The number of methoxy groups -OCH3 is 1. The Hall–Kier alpha value is -3.08. The van der Waals surface area contributed by atoms with E-state index in [2.05, 4.69) is 22.5 Å². The minimum Gasteiger partial charge on any atom is -0.493 e. The smallest absolute Gasteiger partial charge is 0.276 e. The molecule has 126 valence electrons. The third kappa shape index (κ3) is 2.89. The van der Waals surface area contributed by atoms with Crippen molar-refractivity contribution in [3.8, 4) is 11.4 Å². The van der Waals surface area contributed by atoms with E-state index in [-0.39, 0.29) is 11.9 Å². The quantitative estimate of drug-likeness (QED) is 0.797. The van der Waals surface area contributed by atoms with E-state index in [1.54, 1.807) is 18.0 Å². The van der Waals surface area contributed by atoms with Gasteiger partial charge in [-0.1, -0.05) is 42.5 Å². The van der Waals surface area contributed by atoms with Gasteiger partial charge in [0.2, 0.25) is 0 Å². The number of rotatable bonds is 4. The number of hydrogen-bond donors (Lipinski definition) is 1. The van der Waals surface area contributed by atoms with Crippen LogP contribution in [0.15, 0.2) is 60.8 Å². The standard InChI is InChI=1S/C20H19N3O2/c1-25-18-13-23(15-8-3-2-4-9-15)22-19(18)20(24)21-17-12-11-14-7-5-6-10-16(14)17/h2-10,13,17H,11-12H2,1H3,(H,21,24). The van der Waals surface area contributed by atoms with E-state index in [1.807, 2.05) is 42.5 Å². The molecule has 0 bridgehead atoms. The van der Waals surface area contributed by atoms with Gasteiger partial charge in [0.05, 0.1) is 25.0 Å². The van der Waals surface area contributed by atoms with Crippen LogP contribution in [-0.2, 0) is 6.42 Å². The van der Waals surface area contributed by atoms with Gasteiger partial charge in [0.15, 0.2) is 11.4 Å². The van der Waals surface area contributed by atoms with Crippen LogP contribution in [0.1, 0.15) is 34.1 Å². The van der Waals surface area contributed by atoms with Crippen molar-refractivity contribution in [2.75, 3.05) is 7.11 Å². The lowest BCUT2D eigenvalue weighted by Gasteiger charge is -2.13. The highest BCUT2D eigenvalue weighted by molar-refractivity contribution is 5.95. The lowest BCUT2D eigenvalue weighted by Crippen LogP contribution is -2.28. The van der Waals surface area contributed by atoms with E-state index in [0.717, 1.165) is 18.5 Å². The fourth-order valence-corrected chi connectivity index (χ4v) is 3.31. The van der Waals surface area contributed by atoms with Crippen LogP contribution in [0.2, 0.25) is 0 Å². The molecule has 1 amide bonds. The molecule has 0 fully saturated rings. The summed E-state index contributed by atoms with van der Waals surface area (Å²) in [4.78, 5) is 12.8. The molecule has 1 N–H and O–H groups in total. The van der Waals surface area contributed by atoms with E-state index in [1.165, 1.54) is 11.1 Å². The van der Waals surface area contributed by atoms with Gasteiger partial charge in [0, 0.05) is 0 Å². The molecule has 1 atom stereocenters. The lowest BCUT2D eigenvalue weighted by molar-refractivity contribution is 0.0928. The summed E-state index contributed by atoms with van der Waals surface area (Å²) >= 11 is 0. The van der Waals surface area contributed by atoms with Crippen molar-refractivity contribution in [3.63, 3.8) is 0 Å². The predicted molar refractivity (Wildman–Crippen MR) is 95.1 cm³/mol. The third-order valence-corrected chi connectivity index (χ3v) is 4.57. The maximum absolute atomic E-state index is 12.8. The Morgan fingerprint density at radius 2 is 1.92 bits per heavy atom. The summed E-state index contributed by atoms with van der Waals surface area (Å²) in [6, 6.07) is 17.9. The number of fused-ring (bicyclic) bond motifs is 1. The van der Waals surface area contributed by atoms with Gasteiger partial charge in [-0.15, -0.1) is 0 Å². The first-order valence-electron chi connectivity index (χ1n) is 8.34. The molecule has 0 saturated carbocycles. The highest BCUT2D eigenvalue weighted by Gasteiger charge is 2.26. The number of ether oxygens (including phenoxy) is 1. The van der Waals surface area contributed by atoms with Crippen LogP contribution in [0.4, 0.5) is 0 Å². The molecule has 25 heavy (non-hydrogen) atoms. The van der Waals surface area contributed by atoms with Crippen molar-refractivity contribution < 1.29 is 9.53 Å². The molecular weight excluding hydrogens is 314 g/mol. The van der Waals surface area contributed by atoms with Gasteiger partial charge in [-0.25, -0.2) is 4.68 Å². The maximum Gasteiger partial charge on any atom is 0.276 e. The first-order valence-corrected chi connectivity index (χ1v) is 8.34. The molecular formula is C20H19N3O2. The zero-order valence-electron chi connectivity index (χ0n) is 14.0. The van der Waals surface area contributed by atoms with Gasteiger partial charge in [-0.2, -0.15) is 5.10 Å². The first kappa shape index (κ1) is 15.4. The predicted octanol–water partition coefficient (Wildman–Crippen LogP) is 3.30. The third-order valence-electron chi connectivity index (χ3n) is 4.57. The van der Waals surface area contributed by atoms with Crippen LogP contribution in [-0.4, -0.2) is 22.8 Å². The number of hydrogen-bond acceptors (Lipinski definition) is 3. The number of carbonyl (C=O) groups is 1. The average Bonchev–Trinajstić information content (AvgIpc) is 3.27. The van der Waals surface area contributed by atoms with Crippen LogP contribution < -0.4 is 10.1 Å². The van der Waals surface area contributed by atoms with E-state index in [9.17, 15) is 4.79 Å². The topological polar surface area (TPSA) is 56.2 Å². The number of benzene rings is 2. The number of carbonyl (C=O) groups excluding carboxylic acids is 1. The summed E-state index contributed by atoms with van der Waals surface area (Å²) in [6.45, 7) is 0. The van der Waals surface area contributed by atoms with Gasteiger partial charge in [0.1, 0.15) is 0 Å². The Balaban J connectivity index is 1.59. The van der Waals surface area contributed by atoms with Crippen LogP contribution in [0.5, 0.6) is 5.75 Å². The Labute approximate surface area is 146 Å². The molecule has 0 spiro atoms. The van der Waals surface area contributed by atoms with Gasteiger partial charge in [-0.3, -0.25) is 4.79 Å². The number of aryl methyl sites for hydroxylation is 1. The molecule has 4 rings (SSSR count). The van der Waals surface area contributed by atoms with Gasteiger partial charge < -0.3 is 10.1 Å². The Morgan fingerprint density at radius 3 is 2.72 bits per heavy atom. The fraction of sp³-hybridized carbons (Fsp3) is 0.200. The molecule has 0 radical (unpaired) electrons. The molecule has 0 aliphatic heterocycles. The normalized spacial score (nSPS) is 15.6. The molecule has 5 nitrogen and oxygen atoms in total. The van der Waals surface area contributed by atoms with E-state index >= 15 is 0 Å². The van der Waals surface area contributed by atoms with E-state index < -0.39 is 0 Å². The summed E-state index contributed by atoms with van der Waals surface area (Å²) in [5, 5.41) is 7.52. The van der Waals surface area contributed by atoms with Crippen LogP contribution >= 0.6 is 0 Å². The van der Waals surface area contributed by atoms with Crippen LogP contribution in [0, 0.1) is 0 Å². The maximum atomic E-state index is 12.8. The highest BCUT2D eigenvalue weighted by atomic mass is 16.5. The molecule has 1 aliphatic carbocycles. The SMILES string of the molecule is COc1cn(-c2ccccc2)nc1C(=O)NC1CCc2ccccc21. The van der Waals surface area contributed by atoms with Crippen molar-refractivity contribution in [2.24, 2.45) is 0 Å². The number of nitrogens with zero attached hydrogens (tertiary/aromatic N) is 2. The molecule has 1 aromatic heterocycles. The summed E-state index contributed by atoms with van der Waals surface area (Å²) < 4.78 is 7.02. The zero-order valence-corrected chi connectivity index (χ0v) is 14.0. The van der Waals surface area contributed by atoms with Crippen LogP contribution in [0.25, 0.3) is 5.69 Å². The van der Waals surface area contributed by atoms with E-state index in [0.29, 0.717) is 11.4 Å². The molecule has 5 heteroatoms.